The predicted molar refractivity (Wildman–Crippen MR) is 61.2 cm³/mol. The lowest BCUT2D eigenvalue weighted by molar-refractivity contribution is -0.156. The number of aliphatic carboxylic acids is 1. The monoisotopic (exact) mass is 263 g/mol. The van der Waals surface area contributed by atoms with Gasteiger partial charge in [-0.25, -0.2) is 13.2 Å². The minimum absolute atomic E-state index is 0.00471. The molecule has 1 N–H and O–H groups in total. The van der Waals surface area contributed by atoms with Gasteiger partial charge in [-0.05, 0) is 20.3 Å². The van der Waals surface area contributed by atoms with Crippen LogP contribution in [-0.4, -0.2) is 54.4 Å². The summed E-state index contributed by atoms with van der Waals surface area (Å²) in [6.45, 7) is 2.83. The van der Waals surface area contributed by atoms with E-state index in [1.165, 1.54) is 20.9 Å². The van der Waals surface area contributed by atoms with Crippen LogP contribution in [0, 0.1) is 5.92 Å². The third-order valence-electron chi connectivity index (χ3n) is 3.27. The molecule has 1 amide bonds. The second-order valence-electron chi connectivity index (χ2n) is 4.86. The molecule has 0 aromatic heterocycles. The second-order valence-corrected chi connectivity index (χ2v) is 7.09. The lowest BCUT2D eigenvalue weighted by Crippen LogP contribution is -2.52. The fraction of sp³-hybridized carbons (Fsp3) is 0.800. The molecule has 1 fully saturated rings. The van der Waals surface area contributed by atoms with Crippen LogP contribution in [0.25, 0.3) is 0 Å². The molecule has 0 aliphatic carbocycles. The van der Waals surface area contributed by atoms with Crippen molar-refractivity contribution in [1.29, 1.82) is 0 Å². The summed E-state index contributed by atoms with van der Waals surface area (Å²) >= 11 is 0. The first-order valence-corrected chi connectivity index (χ1v) is 7.11. The Morgan fingerprint density at radius 1 is 1.35 bits per heavy atom. The third-order valence-corrected chi connectivity index (χ3v) is 5.04. The summed E-state index contributed by atoms with van der Waals surface area (Å²) in [4.78, 5) is 24.1. The molecule has 1 rings (SSSR count). The largest absolute Gasteiger partial charge is 0.480 e. The summed E-state index contributed by atoms with van der Waals surface area (Å²) in [7, 11) is -1.74. The molecule has 0 aromatic carbocycles. The number of carboxylic acid groups (broad SMARTS) is 1. The number of rotatable bonds is 3. The normalized spacial score (nSPS) is 23.4. The first kappa shape index (κ1) is 14.0. The number of carbonyl (C=O) groups excluding carboxylic acids is 1. The summed E-state index contributed by atoms with van der Waals surface area (Å²) < 4.78 is 22.5. The van der Waals surface area contributed by atoms with Crippen molar-refractivity contribution in [2.24, 2.45) is 5.92 Å². The fourth-order valence-electron chi connectivity index (χ4n) is 1.68. The Labute approximate surface area is 101 Å². The first-order valence-electron chi connectivity index (χ1n) is 5.29. The molecule has 0 aromatic rings. The highest BCUT2D eigenvalue weighted by Crippen LogP contribution is 2.23. The predicted octanol–water partition coefficient (Wildman–Crippen LogP) is -0.257. The van der Waals surface area contributed by atoms with Crippen molar-refractivity contribution < 1.29 is 23.1 Å². The van der Waals surface area contributed by atoms with E-state index in [1.807, 2.05) is 0 Å². The van der Waals surface area contributed by atoms with Crippen molar-refractivity contribution in [2.75, 3.05) is 18.6 Å². The van der Waals surface area contributed by atoms with E-state index in [0.717, 1.165) is 4.90 Å². The molecule has 1 heterocycles. The number of nitrogens with zero attached hydrogens (tertiary/aromatic N) is 1. The topological polar surface area (TPSA) is 91.8 Å². The molecule has 6 nitrogen and oxygen atoms in total. The SMILES string of the molecule is CN(C(=O)C1CCS(=O)(=O)C1)C(C)(C)C(=O)O. The maximum absolute atomic E-state index is 12.0. The van der Waals surface area contributed by atoms with Crippen molar-refractivity contribution in [3.8, 4) is 0 Å². The number of hydrogen-bond acceptors (Lipinski definition) is 4. The van der Waals surface area contributed by atoms with Gasteiger partial charge in [-0.2, -0.15) is 0 Å². The van der Waals surface area contributed by atoms with Gasteiger partial charge < -0.3 is 10.0 Å². The van der Waals surface area contributed by atoms with Gasteiger partial charge in [-0.1, -0.05) is 0 Å². The van der Waals surface area contributed by atoms with Gasteiger partial charge in [0.25, 0.3) is 0 Å². The zero-order valence-electron chi connectivity index (χ0n) is 10.1. The highest BCUT2D eigenvalue weighted by molar-refractivity contribution is 7.91. The van der Waals surface area contributed by atoms with Gasteiger partial charge in [0, 0.05) is 7.05 Å². The summed E-state index contributed by atoms with van der Waals surface area (Å²) in [6.07, 6.45) is 0.279. The quantitative estimate of drug-likeness (QED) is 0.757. The molecule has 1 aliphatic rings. The van der Waals surface area contributed by atoms with E-state index >= 15 is 0 Å². The van der Waals surface area contributed by atoms with Gasteiger partial charge >= 0.3 is 5.97 Å². The van der Waals surface area contributed by atoms with Gasteiger partial charge in [-0.3, -0.25) is 4.79 Å². The molecule has 1 unspecified atom stereocenters. The molecule has 1 saturated heterocycles. The van der Waals surface area contributed by atoms with Gasteiger partial charge in [0.1, 0.15) is 5.54 Å². The molecule has 98 valence electrons. The molecule has 0 bridgehead atoms. The van der Waals surface area contributed by atoms with Crippen LogP contribution in [0.15, 0.2) is 0 Å². The number of carbonyl (C=O) groups is 2. The fourth-order valence-corrected chi connectivity index (χ4v) is 3.42. The Morgan fingerprint density at radius 3 is 2.24 bits per heavy atom. The van der Waals surface area contributed by atoms with Crippen LogP contribution in [0.4, 0.5) is 0 Å². The molecule has 1 aliphatic heterocycles. The van der Waals surface area contributed by atoms with Crippen molar-refractivity contribution in [3.63, 3.8) is 0 Å². The molecular formula is C10H17NO5S. The Hall–Kier alpha value is -1.11. The average molecular weight is 263 g/mol. The van der Waals surface area contributed by atoms with Gasteiger partial charge in [0.15, 0.2) is 9.84 Å². The number of amides is 1. The van der Waals surface area contributed by atoms with Gasteiger partial charge in [0.05, 0.1) is 17.4 Å². The van der Waals surface area contributed by atoms with Gasteiger partial charge in [-0.15, -0.1) is 0 Å². The minimum atomic E-state index is -3.13. The maximum Gasteiger partial charge on any atom is 0.329 e. The van der Waals surface area contributed by atoms with Crippen molar-refractivity contribution in [3.05, 3.63) is 0 Å². The zero-order valence-corrected chi connectivity index (χ0v) is 11.0. The summed E-state index contributed by atoms with van der Waals surface area (Å²) in [5.41, 5.74) is -1.33. The van der Waals surface area contributed by atoms with E-state index < -0.39 is 33.2 Å². The van der Waals surface area contributed by atoms with Crippen LogP contribution in [0.1, 0.15) is 20.3 Å². The van der Waals surface area contributed by atoms with Crippen LogP contribution < -0.4 is 0 Å². The lowest BCUT2D eigenvalue weighted by Gasteiger charge is -2.33. The molecule has 0 radical (unpaired) electrons. The van der Waals surface area contributed by atoms with Crippen LogP contribution in [0.5, 0.6) is 0 Å². The second kappa shape index (κ2) is 4.29. The Bertz CT molecular complexity index is 440. The summed E-state index contributed by atoms with van der Waals surface area (Å²) in [5, 5.41) is 8.99. The van der Waals surface area contributed by atoms with E-state index in [-0.39, 0.29) is 17.9 Å². The van der Waals surface area contributed by atoms with Crippen LogP contribution >= 0.6 is 0 Å². The standard InChI is InChI=1S/C10H17NO5S/c1-10(2,9(13)14)11(3)8(12)7-4-5-17(15,16)6-7/h7H,4-6H2,1-3H3,(H,13,14). The Kier molecular flexibility index (Phi) is 3.52. The molecule has 7 heteroatoms. The van der Waals surface area contributed by atoms with Crippen LogP contribution in [0.2, 0.25) is 0 Å². The molecule has 0 saturated carbocycles. The van der Waals surface area contributed by atoms with Crippen molar-refractivity contribution in [1.82, 2.24) is 4.90 Å². The highest BCUT2D eigenvalue weighted by atomic mass is 32.2. The average Bonchev–Trinajstić information content (AvgIpc) is 2.56. The Balaban J connectivity index is 2.82. The van der Waals surface area contributed by atoms with E-state index in [9.17, 15) is 18.0 Å². The van der Waals surface area contributed by atoms with E-state index in [0.29, 0.717) is 0 Å². The summed E-state index contributed by atoms with van der Waals surface area (Å²) in [5.74, 6) is -2.31. The van der Waals surface area contributed by atoms with Crippen LogP contribution in [-0.2, 0) is 19.4 Å². The van der Waals surface area contributed by atoms with E-state index in [1.54, 1.807) is 0 Å². The molecule has 0 spiro atoms. The Morgan fingerprint density at radius 2 is 1.88 bits per heavy atom. The van der Waals surface area contributed by atoms with E-state index in [4.69, 9.17) is 5.11 Å². The molecular weight excluding hydrogens is 246 g/mol. The zero-order chi connectivity index (χ0) is 13.4. The molecule has 17 heavy (non-hydrogen) atoms. The minimum Gasteiger partial charge on any atom is -0.480 e. The van der Waals surface area contributed by atoms with E-state index in [2.05, 4.69) is 0 Å². The number of carboxylic acids is 1. The number of hydrogen-bond donors (Lipinski definition) is 1. The third kappa shape index (κ3) is 2.77. The molecule has 1 atom stereocenters. The van der Waals surface area contributed by atoms with Crippen LogP contribution in [0.3, 0.4) is 0 Å². The van der Waals surface area contributed by atoms with Crippen molar-refractivity contribution in [2.45, 2.75) is 25.8 Å². The number of sulfone groups is 1. The van der Waals surface area contributed by atoms with Crippen molar-refractivity contribution >= 4 is 21.7 Å². The lowest BCUT2D eigenvalue weighted by atomic mass is 10.00. The summed E-state index contributed by atoms with van der Waals surface area (Å²) in [6, 6.07) is 0. The smallest absolute Gasteiger partial charge is 0.329 e. The first-order chi connectivity index (χ1) is 7.58. The maximum atomic E-state index is 12.0. The van der Waals surface area contributed by atoms with Gasteiger partial charge in [0.2, 0.25) is 5.91 Å². The highest BCUT2D eigenvalue weighted by Gasteiger charge is 2.41. The number of likely N-dealkylation sites (N-methyl/N-ethyl adjacent to an activating group) is 1.